The second-order valence-electron chi connectivity index (χ2n) is 6.64. The zero-order valence-corrected chi connectivity index (χ0v) is 17.3. The molecule has 28 heavy (non-hydrogen) atoms. The summed E-state index contributed by atoms with van der Waals surface area (Å²) in [6.45, 7) is 4.65. The Morgan fingerprint density at radius 2 is 1.89 bits per heavy atom. The van der Waals surface area contributed by atoms with Gasteiger partial charge in [-0.15, -0.1) is 24.8 Å². The Bertz CT molecular complexity index is 955. The Morgan fingerprint density at radius 3 is 2.54 bits per heavy atom. The molecule has 1 aliphatic heterocycles. The highest BCUT2D eigenvalue weighted by molar-refractivity contribution is 5.95. The first-order valence-corrected chi connectivity index (χ1v) is 8.71. The quantitative estimate of drug-likeness (QED) is 0.682. The lowest BCUT2D eigenvalue weighted by Gasteiger charge is -2.25. The highest BCUT2D eigenvalue weighted by Gasteiger charge is 2.23. The number of pyridine rings is 1. The van der Waals surface area contributed by atoms with E-state index in [4.69, 9.17) is 0 Å². The van der Waals surface area contributed by atoms with Gasteiger partial charge in [0.2, 0.25) is 5.91 Å². The van der Waals surface area contributed by atoms with Gasteiger partial charge in [0, 0.05) is 12.2 Å². The van der Waals surface area contributed by atoms with Gasteiger partial charge < -0.3 is 10.6 Å². The van der Waals surface area contributed by atoms with E-state index < -0.39 is 0 Å². The largest absolute Gasteiger partial charge is 0.323 e. The molecule has 1 unspecified atom stereocenters. The van der Waals surface area contributed by atoms with Crippen LogP contribution in [0.25, 0.3) is 5.82 Å². The lowest BCUT2D eigenvalue weighted by atomic mass is 9.95. The summed E-state index contributed by atoms with van der Waals surface area (Å²) in [5.41, 5.74) is 5.14. The van der Waals surface area contributed by atoms with Crippen molar-refractivity contribution in [2.75, 3.05) is 5.32 Å². The topological polar surface area (TPSA) is 71.8 Å². The van der Waals surface area contributed by atoms with Gasteiger partial charge >= 0.3 is 0 Å². The Balaban J connectivity index is 0.00000140. The van der Waals surface area contributed by atoms with Crippen LogP contribution in [0.5, 0.6) is 0 Å². The second kappa shape index (κ2) is 9.19. The van der Waals surface area contributed by atoms with Crippen molar-refractivity contribution in [2.24, 2.45) is 0 Å². The van der Waals surface area contributed by atoms with Crippen molar-refractivity contribution in [3.8, 4) is 5.82 Å². The van der Waals surface area contributed by atoms with Crippen LogP contribution in [-0.4, -0.2) is 26.7 Å². The van der Waals surface area contributed by atoms with E-state index in [-0.39, 0.29) is 36.8 Å². The van der Waals surface area contributed by atoms with E-state index in [1.807, 2.05) is 44.2 Å². The molecule has 0 spiro atoms. The molecule has 148 valence electrons. The van der Waals surface area contributed by atoms with Crippen LogP contribution >= 0.6 is 24.8 Å². The number of benzene rings is 1. The first-order valence-electron chi connectivity index (χ1n) is 8.71. The lowest BCUT2D eigenvalue weighted by Crippen LogP contribution is -2.44. The van der Waals surface area contributed by atoms with Gasteiger partial charge in [-0.2, -0.15) is 5.10 Å². The fourth-order valence-electron chi connectivity index (χ4n) is 3.32. The number of nitrogens with zero attached hydrogens (tertiary/aromatic N) is 3. The van der Waals surface area contributed by atoms with Crippen LogP contribution in [0.15, 0.2) is 48.7 Å². The molecule has 0 bridgehead atoms. The Hall–Kier alpha value is -2.41. The summed E-state index contributed by atoms with van der Waals surface area (Å²) in [5, 5.41) is 10.7. The monoisotopic (exact) mass is 419 g/mol. The molecule has 1 aliphatic rings. The number of aryl methyl sites for hydroxylation is 2. The number of rotatable bonds is 3. The first-order chi connectivity index (χ1) is 12.6. The molecule has 1 atom stereocenters. The number of carbonyl (C=O) groups excluding carboxylic acids is 1. The number of aromatic nitrogens is 3. The molecule has 2 aromatic heterocycles. The minimum atomic E-state index is -0.236. The maximum Gasteiger partial charge on any atom is 0.241 e. The third-order valence-electron chi connectivity index (χ3n) is 4.64. The summed E-state index contributed by atoms with van der Waals surface area (Å²) in [6.07, 6.45) is 2.36. The summed E-state index contributed by atoms with van der Waals surface area (Å²) in [7, 11) is 0. The number of carbonyl (C=O) groups is 1. The number of nitrogens with one attached hydrogen (secondary N) is 2. The van der Waals surface area contributed by atoms with Gasteiger partial charge in [0.1, 0.15) is 0 Å². The summed E-state index contributed by atoms with van der Waals surface area (Å²) in [5.74, 6) is 0.693. The molecule has 0 fully saturated rings. The molecule has 3 heterocycles. The maximum absolute atomic E-state index is 12.6. The Labute approximate surface area is 176 Å². The van der Waals surface area contributed by atoms with Crippen LogP contribution in [0.3, 0.4) is 0 Å². The predicted molar refractivity (Wildman–Crippen MR) is 115 cm³/mol. The number of hydrogen-bond acceptors (Lipinski definition) is 4. The SMILES string of the molecule is Cc1cc(C)n(-c2ccc(NC(=O)C3Cc4ccccc4CN3)cn2)n1.Cl.Cl. The van der Waals surface area contributed by atoms with E-state index in [1.54, 1.807) is 10.9 Å². The second-order valence-corrected chi connectivity index (χ2v) is 6.64. The van der Waals surface area contributed by atoms with Gasteiger partial charge in [-0.1, -0.05) is 24.3 Å². The highest BCUT2D eigenvalue weighted by atomic mass is 35.5. The highest BCUT2D eigenvalue weighted by Crippen LogP contribution is 2.18. The van der Waals surface area contributed by atoms with Crippen molar-refractivity contribution in [3.63, 3.8) is 0 Å². The average molecular weight is 420 g/mol. The molecule has 3 aromatic rings. The third-order valence-corrected chi connectivity index (χ3v) is 4.64. The van der Waals surface area contributed by atoms with Crippen LogP contribution < -0.4 is 10.6 Å². The van der Waals surface area contributed by atoms with E-state index in [0.29, 0.717) is 18.7 Å². The lowest BCUT2D eigenvalue weighted by molar-refractivity contribution is -0.118. The molecule has 1 aromatic carbocycles. The minimum Gasteiger partial charge on any atom is -0.323 e. The van der Waals surface area contributed by atoms with Crippen LogP contribution in [0.2, 0.25) is 0 Å². The van der Waals surface area contributed by atoms with E-state index in [0.717, 1.165) is 17.2 Å². The summed E-state index contributed by atoms with van der Waals surface area (Å²) in [6, 6.07) is 13.7. The van der Waals surface area contributed by atoms with Crippen molar-refractivity contribution >= 4 is 36.4 Å². The standard InChI is InChI=1S/C20H21N5O.2ClH/c1-13-9-14(2)25(24-13)19-8-7-17(12-22-19)23-20(26)18-10-15-5-3-4-6-16(15)11-21-18;;/h3-9,12,18,21H,10-11H2,1-2H3,(H,23,26);2*1H. The van der Waals surface area contributed by atoms with Crippen LogP contribution in [0.1, 0.15) is 22.5 Å². The van der Waals surface area contributed by atoms with Gasteiger partial charge in [0.25, 0.3) is 0 Å². The molecule has 2 N–H and O–H groups in total. The number of halogens is 2. The molecule has 4 rings (SSSR count). The number of amides is 1. The average Bonchev–Trinajstić information content (AvgIpc) is 3.00. The molecule has 1 amide bonds. The van der Waals surface area contributed by atoms with Gasteiger partial charge in [-0.05, 0) is 49.6 Å². The predicted octanol–water partition coefficient (Wildman–Crippen LogP) is 3.38. The van der Waals surface area contributed by atoms with Gasteiger partial charge in [-0.25, -0.2) is 9.67 Å². The van der Waals surface area contributed by atoms with Crippen molar-refractivity contribution in [1.82, 2.24) is 20.1 Å². The van der Waals surface area contributed by atoms with Crippen LogP contribution in [-0.2, 0) is 17.8 Å². The molecule has 0 saturated carbocycles. The molecule has 0 aliphatic carbocycles. The number of anilines is 1. The van der Waals surface area contributed by atoms with E-state index in [9.17, 15) is 4.79 Å². The fourth-order valence-corrected chi connectivity index (χ4v) is 3.32. The van der Waals surface area contributed by atoms with Crippen molar-refractivity contribution in [2.45, 2.75) is 32.9 Å². The zero-order chi connectivity index (χ0) is 18.1. The minimum absolute atomic E-state index is 0. The number of hydrogen-bond donors (Lipinski definition) is 2. The van der Waals surface area contributed by atoms with E-state index in [1.165, 1.54) is 11.1 Å². The van der Waals surface area contributed by atoms with Crippen LogP contribution in [0, 0.1) is 13.8 Å². The smallest absolute Gasteiger partial charge is 0.241 e. The summed E-state index contributed by atoms with van der Waals surface area (Å²) >= 11 is 0. The van der Waals surface area contributed by atoms with Gasteiger partial charge in [0.15, 0.2) is 5.82 Å². The molecule has 0 saturated heterocycles. The summed E-state index contributed by atoms with van der Waals surface area (Å²) < 4.78 is 1.79. The van der Waals surface area contributed by atoms with E-state index >= 15 is 0 Å². The van der Waals surface area contributed by atoms with Crippen molar-refractivity contribution in [3.05, 3.63) is 71.2 Å². The molecule has 0 radical (unpaired) electrons. The normalized spacial score (nSPS) is 15.0. The van der Waals surface area contributed by atoms with Gasteiger partial charge in [0.05, 0.1) is 23.6 Å². The summed E-state index contributed by atoms with van der Waals surface area (Å²) in [4.78, 5) is 17.0. The van der Waals surface area contributed by atoms with Crippen molar-refractivity contribution in [1.29, 1.82) is 0 Å². The van der Waals surface area contributed by atoms with E-state index in [2.05, 4.69) is 32.8 Å². The molecular weight excluding hydrogens is 397 g/mol. The Kier molecular flexibility index (Phi) is 7.18. The third kappa shape index (κ3) is 4.52. The van der Waals surface area contributed by atoms with Crippen molar-refractivity contribution < 1.29 is 4.79 Å². The number of fused-ring (bicyclic) bond motifs is 1. The molecule has 6 nitrogen and oxygen atoms in total. The molecular formula is C20H23Cl2N5O. The fraction of sp³-hybridized carbons (Fsp3) is 0.250. The zero-order valence-electron chi connectivity index (χ0n) is 15.7. The Morgan fingerprint density at radius 1 is 1.14 bits per heavy atom. The molecule has 8 heteroatoms. The van der Waals surface area contributed by atoms with Gasteiger partial charge in [-0.3, -0.25) is 4.79 Å². The maximum atomic E-state index is 12.6. The first kappa shape index (κ1) is 21.9. The van der Waals surface area contributed by atoms with Crippen LogP contribution in [0.4, 0.5) is 5.69 Å².